The summed E-state index contributed by atoms with van der Waals surface area (Å²) in [4.78, 5) is 24.2. The van der Waals surface area contributed by atoms with Crippen molar-refractivity contribution in [2.24, 2.45) is 0 Å². The number of nitro groups is 1. The van der Waals surface area contributed by atoms with E-state index in [1.807, 2.05) is 4.90 Å². The first-order valence-corrected chi connectivity index (χ1v) is 6.48. The van der Waals surface area contributed by atoms with E-state index in [9.17, 15) is 14.9 Å². The molecule has 1 aliphatic rings. The van der Waals surface area contributed by atoms with Crippen LogP contribution in [0.2, 0.25) is 5.02 Å². The smallest absolute Gasteiger partial charge is 0.292 e. The van der Waals surface area contributed by atoms with Crippen molar-refractivity contribution < 1.29 is 14.5 Å². The third-order valence-corrected chi connectivity index (χ3v) is 3.14. The molecule has 108 valence electrons. The quantitative estimate of drug-likeness (QED) is 0.673. The van der Waals surface area contributed by atoms with Crippen molar-refractivity contribution in [3.05, 3.63) is 33.3 Å². The van der Waals surface area contributed by atoms with Crippen LogP contribution in [-0.2, 0) is 9.53 Å². The Bertz CT molecular complexity index is 517. The van der Waals surface area contributed by atoms with Crippen LogP contribution in [0.5, 0.6) is 0 Å². The molecule has 0 atom stereocenters. The fourth-order valence-electron chi connectivity index (χ4n) is 1.92. The monoisotopic (exact) mass is 299 g/mol. The molecular formula is C12H14ClN3O4. The number of rotatable bonds is 4. The number of carbonyl (C=O) groups is 1. The Morgan fingerprint density at radius 1 is 1.45 bits per heavy atom. The third kappa shape index (κ3) is 3.89. The maximum atomic E-state index is 11.9. The Balaban J connectivity index is 2.03. The molecule has 7 nitrogen and oxygen atoms in total. The van der Waals surface area contributed by atoms with E-state index in [2.05, 4.69) is 5.32 Å². The van der Waals surface area contributed by atoms with E-state index in [1.54, 1.807) is 0 Å². The van der Waals surface area contributed by atoms with Gasteiger partial charge in [-0.2, -0.15) is 0 Å². The van der Waals surface area contributed by atoms with E-state index in [1.165, 1.54) is 18.2 Å². The highest BCUT2D eigenvalue weighted by Gasteiger charge is 2.18. The molecule has 20 heavy (non-hydrogen) atoms. The SMILES string of the molecule is O=C(CN1CCOCC1)Nc1cc(Cl)ccc1[N+](=O)[O-]. The van der Waals surface area contributed by atoms with E-state index in [-0.39, 0.29) is 23.8 Å². The third-order valence-electron chi connectivity index (χ3n) is 2.90. The largest absolute Gasteiger partial charge is 0.379 e. The van der Waals surface area contributed by atoms with Crippen LogP contribution < -0.4 is 5.32 Å². The number of nitrogens with one attached hydrogen (secondary N) is 1. The molecule has 0 aromatic heterocycles. The number of halogens is 1. The second-order valence-electron chi connectivity index (χ2n) is 4.36. The van der Waals surface area contributed by atoms with Gasteiger partial charge in [0.2, 0.25) is 5.91 Å². The van der Waals surface area contributed by atoms with Crippen molar-refractivity contribution in [2.45, 2.75) is 0 Å². The molecule has 1 heterocycles. The first kappa shape index (κ1) is 14.7. The van der Waals surface area contributed by atoms with Gasteiger partial charge in [-0.3, -0.25) is 19.8 Å². The predicted molar refractivity (Wildman–Crippen MR) is 74.0 cm³/mol. The number of amides is 1. The summed E-state index contributed by atoms with van der Waals surface area (Å²) in [6.07, 6.45) is 0. The number of hydrogen-bond donors (Lipinski definition) is 1. The van der Waals surface area contributed by atoms with Gasteiger partial charge in [0.1, 0.15) is 5.69 Å². The molecule has 0 bridgehead atoms. The minimum absolute atomic E-state index is 0.112. The number of morpholine rings is 1. The lowest BCUT2D eigenvalue weighted by Gasteiger charge is -2.25. The van der Waals surface area contributed by atoms with Crippen LogP contribution in [0.1, 0.15) is 0 Å². The molecule has 0 unspecified atom stereocenters. The molecule has 0 spiro atoms. The van der Waals surface area contributed by atoms with E-state index in [0.717, 1.165) is 0 Å². The summed E-state index contributed by atoms with van der Waals surface area (Å²) in [5.74, 6) is -0.308. The standard InChI is InChI=1S/C12H14ClN3O4/c13-9-1-2-11(16(18)19)10(7-9)14-12(17)8-15-3-5-20-6-4-15/h1-2,7H,3-6,8H2,(H,14,17). The fourth-order valence-corrected chi connectivity index (χ4v) is 2.09. The number of ether oxygens (including phenoxy) is 1. The first-order valence-electron chi connectivity index (χ1n) is 6.10. The van der Waals surface area contributed by atoms with E-state index in [4.69, 9.17) is 16.3 Å². The molecular weight excluding hydrogens is 286 g/mol. The van der Waals surface area contributed by atoms with Gasteiger partial charge in [0.25, 0.3) is 5.69 Å². The Morgan fingerprint density at radius 2 is 2.15 bits per heavy atom. The summed E-state index contributed by atoms with van der Waals surface area (Å²) in [5, 5.41) is 13.8. The van der Waals surface area contributed by atoms with Crippen LogP contribution in [0, 0.1) is 10.1 Å². The minimum Gasteiger partial charge on any atom is -0.379 e. The van der Waals surface area contributed by atoms with Gasteiger partial charge in [0.15, 0.2) is 0 Å². The van der Waals surface area contributed by atoms with Crippen molar-refractivity contribution in [2.75, 3.05) is 38.2 Å². The molecule has 8 heteroatoms. The Labute approximate surface area is 120 Å². The van der Waals surface area contributed by atoms with Gasteiger partial charge in [0.05, 0.1) is 24.7 Å². The topological polar surface area (TPSA) is 84.7 Å². The van der Waals surface area contributed by atoms with Crippen molar-refractivity contribution >= 4 is 28.9 Å². The average molecular weight is 300 g/mol. The lowest BCUT2D eigenvalue weighted by molar-refractivity contribution is -0.383. The number of hydrogen-bond acceptors (Lipinski definition) is 5. The number of nitro benzene ring substituents is 1. The van der Waals surface area contributed by atoms with Gasteiger partial charge in [0, 0.05) is 24.2 Å². The molecule has 1 N–H and O–H groups in total. The molecule has 2 rings (SSSR count). The zero-order chi connectivity index (χ0) is 14.5. The van der Waals surface area contributed by atoms with Crippen LogP contribution in [0.25, 0.3) is 0 Å². The van der Waals surface area contributed by atoms with Crippen LogP contribution in [-0.4, -0.2) is 48.6 Å². The first-order chi connectivity index (χ1) is 9.56. The van der Waals surface area contributed by atoms with Gasteiger partial charge in [-0.05, 0) is 12.1 Å². The molecule has 1 aliphatic heterocycles. The molecule has 0 radical (unpaired) electrons. The number of anilines is 1. The van der Waals surface area contributed by atoms with Gasteiger partial charge in [-0.15, -0.1) is 0 Å². The van der Waals surface area contributed by atoms with Gasteiger partial charge >= 0.3 is 0 Å². The summed E-state index contributed by atoms with van der Waals surface area (Å²) < 4.78 is 5.19. The van der Waals surface area contributed by atoms with Crippen molar-refractivity contribution in [3.63, 3.8) is 0 Å². The van der Waals surface area contributed by atoms with Crippen molar-refractivity contribution in [1.82, 2.24) is 4.90 Å². The van der Waals surface area contributed by atoms with E-state index in [0.29, 0.717) is 31.3 Å². The highest BCUT2D eigenvalue weighted by atomic mass is 35.5. The lowest BCUT2D eigenvalue weighted by atomic mass is 10.2. The molecule has 1 aromatic carbocycles. The Kier molecular flexibility index (Phi) is 4.89. The van der Waals surface area contributed by atoms with E-state index < -0.39 is 4.92 Å². The van der Waals surface area contributed by atoms with Crippen LogP contribution in [0.15, 0.2) is 18.2 Å². The zero-order valence-electron chi connectivity index (χ0n) is 10.7. The normalized spacial score (nSPS) is 15.8. The van der Waals surface area contributed by atoms with Gasteiger partial charge in [-0.1, -0.05) is 11.6 Å². The molecule has 1 fully saturated rings. The van der Waals surface area contributed by atoms with Gasteiger partial charge < -0.3 is 10.1 Å². The van der Waals surface area contributed by atoms with Crippen molar-refractivity contribution in [3.8, 4) is 0 Å². The number of nitrogens with zero attached hydrogens (tertiary/aromatic N) is 2. The van der Waals surface area contributed by atoms with Crippen LogP contribution in [0.3, 0.4) is 0 Å². The summed E-state index contributed by atoms with van der Waals surface area (Å²) in [7, 11) is 0. The summed E-state index contributed by atoms with van der Waals surface area (Å²) in [6.45, 7) is 2.69. The predicted octanol–water partition coefficient (Wildman–Crippen LogP) is 1.52. The summed E-state index contributed by atoms with van der Waals surface area (Å²) in [5.41, 5.74) is -0.0644. The fraction of sp³-hybridized carbons (Fsp3) is 0.417. The highest BCUT2D eigenvalue weighted by Crippen LogP contribution is 2.27. The Morgan fingerprint density at radius 3 is 2.80 bits per heavy atom. The lowest BCUT2D eigenvalue weighted by Crippen LogP contribution is -2.41. The number of carbonyl (C=O) groups excluding carboxylic acids is 1. The second-order valence-corrected chi connectivity index (χ2v) is 4.79. The zero-order valence-corrected chi connectivity index (χ0v) is 11.4. The summed E-state index contributed by atoms with van der Waals surface area (Å²) in [6, 6.07) is 4.06. The molecule has 0 saturated carbocycles. The molecule has 1 aromatic rings. The molecule has 1 amide bonds. The van der Waals surface area contributed by atoms with Crippen LogP contribution in [0.4, 0.5) is 11.4 Å². The number of benzene rings is 1. The average Bonchev–Trinajstić information content (AvgIpc) is 2.39. The second kappa shape index (κ2) is 6.65. The van der Waals surface area contributed by atoms with Crippen LogP contribution >= 0.6 is 11.6 Å². The maximum absolute atomic E-state index is 11.9. The maximum Gasteiger partial charge on any atom is 0.292 e. The molecule has 0 aliphatic carbocycles. The van der Waals surface area contributed by atoms with Gasteiger partial charge in [-0.25, -0.2) is 0 Å². The summed E-state index contributed by atoms with van der Waals surface area (Å²) >= 11 is 5.80. The molecule has 1 saturated heterocycles. The Hall–Kier alpha value is -1.70. The highest BCUT2D eigenvalue weighted by molar-refractivity contribution is 6.31. The minimum atomic E-state index is -0.555. The van der Waals surface area contributed by atoms with Crippen molar-refractivity contribution in [1.29, 1.82) is 0 Å². The van der Waals surface area contributed by atoms with E-state index >= 15 is 0 Å².